The van der Waals surface area contributed by atoms with Crippen molar-refractivity contribution in [2.24, 2.45) is 0 Å². The fraction of sp³-hybridized carbons (Fsp3) is 0.0714. The molecule has 108 valence electrons. The third kappa shape index (κ3) is 2.96. The standard InChI is InChI=1S/C14H7ClF3NOS/c15-11-6-9(14(16,17)18)1-4-13(11)20-10-2-3-12-8(5-10)7-21-19-12/h1-7H. The van der Waals surface area contributed by atoms with Crippen LogP contribution in [0.15, 0.2) is 41.8 Å². The summed E-state index contributed by atoms with van der Waals surface area (Å²) in [5.74, 6) is 0.663. The number of hydrogen-bond donors (Lipinski definition) is 0. The molecule has 0 saturated carbocycles. The predicted molar refractivity (Wildman–Crippen MR) is 76.1 cm³/mol. The number of nitrogens with zero attached hydrogens (tertiary/aromatic N) is 1. The summed E-state index contributed by atoms with van der Waals surface area (Å²) in [6.07, 6.45) is -4.43. The van der Waals surface area contributed by atoms with Crippen LogP contribution in [0.25, 0.3) is 10.9 Å². The molecular formula is C14H7ClF3NOS. The largest absolute Gasteiger partial charge is 0.456 e. The first-order valence-electron chi connectivity index (χ1n) is 5.82. The second-order valence-corrected chi connectivity index (χ2v) is 5.32. The lowest BCUT2D eigenvalue weighted by Gasteiger charge is -2.11. The lowest BCUT2D eigenvalue weighted by molar-refractivity contribution is -0.137. The van der Waals surface area contributed by atoms with Crippen LogP contribution in [0.3, 0.4) is 0 Å². The molecule has 0 saturated heterocycles. The third-order valence-corrected chi connectivity index (χ3v) is 3.77. The summed E-state index contributed by atoms with van der Waals surface area (Å²) in [5, 5.41) is 2.67. The summed E-state index contributed by atoms with van der Waals surface area (Å²) in [6, 6.07) is 8.22. The Kier molecular flexibility index (Phi) is 3.51. The first-order valence-corrected chi connectivity index (χ1v) is 7.04. The van der Waals surface area contributed by atoms with Gasteiger partial charge in [-0.25, -0.2) is 0 Å². The van der Waals surface area contributed by atoms with Crippen molar-refractivity contribution in [2.75, 3.05) is 0 Å². The number of ether oxygens (including phenoxy) is 1. The van der Waals surface area contributed by atoms with Gasteiger partial charge in [-0.05, 0) is 47.9 Å². The van der Waals surface area contributed by atoms with E-state index in [0.717, 1.165) is 23.0 Å². The van der Waals surface area contributed by atoms with Gasteiger partial charge in [0.15, 0.2) is 0 Å². The Balaban J connectivity index is 1.90. The van der Waals surface area contributed by atoms with E-state index >= 15 is 0 Å². The highest BCUT2D eigenvalue weighted by Crippen LogP contribution is 2.36. The summed E-state index contributed by atoms with van der Waals surface area (Å²) in [4.78, 5) is 0. The lowest BCUT2D eigenvalue weighted by Crippen LogP contribution is -2.04. The van der Waals surface area contributed by atoms with Crippen LogP contribution in [0.1, 0.15) is 5.56 Å². The second-order valence-electron chi connectivity index (χ2n) is 4.28. The average Bonchev–Trinajstić information content (AvgIpc) is 2.87. The highest BCUT2D eigenvalue weighted by Gasteiger charge is 2.31. The van der Waals surface area contributed by atoms with Crippen LogP contribution >= 0.6 is 23.1 Å². The van der Waals surface area contributed by atoms with Gasteiger partial charge in [-0.15, -0.1) is 0 Å². The Morgan fingerprint density at radius 2 is 1.90 bits per heavy atom. The smallest absolute Gasteiger partial charge is 0.416 e. The molecule has 2 nitrogen and oxygen atoms in total. The van der Waals surface area contributed by atoms with Gasteiger partial charge in [-0.1, -0.05) is 11.6 Å². The maximum atomic E-state index is 12.6. The molecule has 21 heavy (non-hydrogen) atoms. The molecule has 7 heteroatoms. The van der Waals surface area contributed by atoms with Crippen LogP contribution in [0.4, 0.5) is 13.2 Å². The zero-order valence-corrected chi connectivity index (χ0v) is 11.9. The van der Waals surface area contributed by atoms with Crippen LogP contribution < -0.4 is 4.74 Å². The van der Waals surface area contributed by atoms with Crippen LogP contribution in [0, 0.1) is 0 Å². The molecule has 0 aliphatic rings. The van der Waals surface area contributed by atoms with Gasteiger partial charge in [0.1, 0.15) is 11.5 Å². The summed E-state index contributed by atoms with van der Waals surface area (Å²) < 4.78 is 47.4. The van der Waals surface area contributed by atoms with Crippen LogP contribution in [0.2, 0.25) is 5.02 Å². The molecular weight excluding hydrogens is 323 g/mol. The van der Waals surface area contributed by atoms with Crippen molar-refractivity contribution in [1.82, 2.24) is 4.37 Å². The Bertz CT molecular complexity index is 800. The van der Waals surface area contributed by atoms with Gasteiger partial charge in [0, 0.05) is 10.8 Å². The maximum absolute atomic E-state index is 12.6. The molecule has 0 unspecified atom stereocenters. The van der Waals surface area contributed by atoms with Crippen molar-refractivity contribution in [3.05, 3.63) is 52.4 Å². The van der Waals surface area contributed by atoms with Crippen molar-refractivity contribution in [2.45, 2.75) is 6.18 Å². The Morgan fingerprint density at radius 3 is 2.62 bits per heavy atom. The van der Waals surface area contributed by atoms with Crippen molar-refractivity contribution in [1.29, 1.82) is 0 Å². The third-order valence-electron chi connectivity index (χ3n) is 2.82. The van der Waals surface area contributed by atoms with Crippen molar-refractivity contribution in [3.8, 4) is 11.5 Å². The van der Waals surface area contributed by atoms with Gasteiger partial charge in [0.2, 0.25) is 0 Å². The zero-order valence-electron chi connectivity index (χ0n) is 10.3. The Morgan fingerprint density at radius 1 is 1.10 bits per heavy atom. The first-order chi connectivity index (χ1) is 9.93. The van der Waals surface area contributed by atoms with Gasteiger partial charge in [-0.2, -0.15) is 17.5 Å². The molecule has 0 aliphatic carbocycles. The normalized spacial score (nSPS) is 11.8. The minimum Gasteiger partial charge on any atom is -0.456 e. The summed E-state index contributed by atoms with van der Waals surface area (Å²) in [7, 11) is 0. The molecule has 0 spiro atoms. The lowest BCUT2D eigenvalue weighted by atomic mass is 10.2. The first kappa shape index (κ1) is 14.2. The fourth-order valence-corrected chi connectivity index (χ4v) is 2.65. The number of benzene rings is 2. The second kappa shape index (κ2) is 5.20. The average molecular weight is 330 g/mol. The highest BCUT2D eigenvalue weighted by atomic mass is 35.5. The molecule has 0 fully saturated rings. The molecule has 3 aromatic rings. The number of aromatic nitrogens is 1. The van der Waals surface area contributed by atoms with E-state index in [4.69, 9.17) is 16.3 Å². The molecule has 0 N–H and O–H groups in total. The molecule has 0 bridgehead atoms. The molecule has 1 heterocycles. The summed E-state index contributed by atoms with van der Waals surface area (Å²) in [6.45, 7) is 0. The van der Waals surface area contributed by atoms with Gasteiger partial charge in [0.05, 0.1) is 16.1 Å². The monoisotopic (exact) mass is 329 g/mol. The number of halogens is 4. The maximum Gasteiger partial charge on any atom is 0.416 e. The van der Waals surface area contributed by atoms with E-state index in [1.165, 1.54) is 17.6 Å². The summed E-state index contributed by atoms with van der Waals surface area (Å²) >= 11 is 7.17. The van der Waals surface area contributed by atoms with E-state index < -0.39 is 11.7 Å². The highest BCUT2D eigenvalue weighted by molar-refractivity contribution is 7.04. The number of hydrogen-bond acceptors (Lipinski definition) is 3. The Labute approximate surface area is 126 Å². The van der Waals surface area contributed by atoms with E-state index in [1.807, 2.05) is 5.38 Å². The molecule has 0 radical (unpaired) electrons. The number of rotatable bonds is 2. The zero-order chi connectivity index (χ0) is 15.0. The molecule has 1 aromatic heterocycles. The predicted octanol–water partition coefficient (Wildman–Crippen LogP) is 5.76. The van der Waals surface area contributed by atoms with Gasteiger partial charge in [-0.3, -0.25) is 0 Å². The molecule has 3 rings (SSSR count). The van der Waals surface area contributed by atoms with Crippen molar-refractivity contribution >= 4 is 34.0 Å². The van der Waals surface area contributed by atoms with Gasteiger partial charge >= 0.3 is 6.18 Å². The summed E-state index contributed by atoms with van der Waals surface area (Å²) in [5.41, 5.74) is 0.0307. The van der Waals surface area contributed by atoms with Crippen LogP contribution in [-0.4, -0.2) is 4.37 Å². The fourth-order valence-electron chi connectivity index (χ4n) is 1.80. The molecule has 0 atom stereocenters. The van der Waals surface area contributed by atoms with Gasteiger partial charge < -0.3 is 4.74 Å². The number of fused-ring (bicyclic) bond motifs is 1. The van der Waals surface area contributed by atoms with E-state index in [2.05, 4.69) is 4.37 Å². The molecule has 2 aromatic carbocycles. The number of alkyl halides is 3. The van der Waals surface area contributed by atoms with Crippen LogP contribution in [-0.2, 0) is 6.18 Å². The molecule has 0 aliphatic heterocycles. The van der Waals surface area contributed by atoms with Crippen LogP contribution in [0.5, 0.6) is 11.5 Å². The minimum atomic E-state index is -4.43. The SMILES string of the molecule is FC(F)(F)c1ccc(Oc2ccc3nscc3c2)c(Cl)c1. The van der Waals surface area contributed by atoms with E-state index in [1.54, 1.807) is 18.2 Å². The van der Waals surface area contributed by atoms with Gasteiger partial charge in [0.25, 0.3) is 0 Å². The van der Waals surface area contributed by atoms with E-state index in [-0.39, 0.29) is 10.8 Å². The van der Waals surface area contributed by atoms with Crippen molar-refractivity contribution in [3.63, 3.8) is 0 Å². The minimum absolute atomic E-state index is 0.0895. The topological polar surface area (TPSA) is 22.1 Å². The van der Waals surface area contributed by atoms with E-state index in [0.29, 0.717) is 5.75 Å². The molecule has 0 amide bonds. The van der Waals surface area contributed by atoms with E-state index in [9.17, 15) is 13.2 Å². The quantitative estimate of drug-likeness (QED) is 0.596. The Hall–Kier alpha value is -1.79. The van der Waals surface area contributed by atoms with Crippen molar-refractivity contribution < 1.29 is 17.9 Å².